The normalized spacial score (nSPS) is 22.5. The molecule has 1 aromatic carbocycles. The summed E-state index contributed by atoms with van der Waals surface area (Å²) in [4.78, 5) is 2.10. The summed E-state index contributed by atoms with van der Waals surface area (Å²) in [7, 11) is 0. The standard InChI is InChI=1S/C12H14ClFN2/c13-9-1-2-11(10(14)5-9)16-7-12(8-16)3-4-15-6-12/h1-2,5,15H,3-4,6-8H2. The van der Waals surface area contributed by atoms with Crippen molar-refractivity contribution in [1.29, 1.82) is 0 Å². The summed E-state index contributed by atoms with van der Waals surface area (Å²) in [6.07, 6.45) is 1.21. The van der Waals surface area contributed by atoms with Crippen LogP contribution in [0.15, 0.2) is 18.2 Å². The van der Waals surface area contributed by atoms with E-state index in [1.165, 1.54) is 12.5 Å². The topological polar surface area (TPSA) is 15.3 Å². The van der Waals surface area contributed by atoms with Gasteiger partial charge in [0.25, 0.3) is 0 Å². The molecule has 1 spiro atoms. The van der Waals surface area contributed by atoms with Gasteiger partial charge in [-0.05, 0) is 31.2 Å². The molecule has 2 aliphatic rings. The second-order valence-electron chi connectivity index (χ2n) is 4.88. The lowest BCUT2D eigenvalue weighted by Crippen LogP contribution is -2.57. The first-order chi connectivity index (χ1) is 7.69. The van der Waals surface area contributed by atoms with Gasteiger partial charge in [0.15, 0.2) is 0 Å². The Bertz CT molecular complexity index is 407. The Morgan fingerprint density at radius 3 is 2.81 bits per heavy atom. The van der Waals surface area contributed by atoms with Crippen molar-refractivity contribution in [3.05, 3.63) is 29.0 Å². The number of benzene rings is 1. The summed E-state index contributed by atoms with van der Waals surface area (Å²) in [6.45, 7) is 4.08. The number of hydrogen-bond donors (Lipinski definition) is 1. The zero-order chi connectivity index (χ0) is 11.2. The van der Waals surface area contributed by atoms with Crippen LogP contribution in [0.25, 0.3) is 0 Å². The molecule has 2 nitrogen and oxygen atoms in total. The number of nitrogens with zero attached hydrogens (tertiary/aromatic N) is 1. The first-order valence-electron chi connectivity index (χ1n) is 5.59. The van der Waals surface area contributed by atoms with E-state index in [9.17, 15) is 4.39 Å². The monoisotopic (exact) mass is 240 g/mol. The van der Waals surface area contributed by atoms with Crippen LogP contribution in [-0.4, -0.2) is 26.2 Å². The number of halogens is 2. The Kier molecular flexibility index (Phi) is 2.33. The molecule has 2 aliphatic heterocycles. The fourth-order valence-corrected chi connectivity index (χ4v) is 2.90. The van der Waals surface area contributed by atoms with Gasteiger partial charge in [0, 0.05) is 30.1 Å². The molecule has 16 heavy (non-hydrogen) atoms. The van der Waals surface area contributed by atoms with Crippen LogP contribution in [0.1, 0.15) is 6.42 Å². The van der Waals surface area contributed by atoms with Crippen LogP contribution in [-0.2, 0) is 0 Å². The minimum absolute atomic E-state index is 0.215. The Hall–Kier alpha value is -0.800. The average molecular weight is 241 g/mol. The van der Waals surface area contributed by atoms with Gasteiger partial charge in [-0.2, -0.15) is 0 Å². The molecule has 4 heteroatoms. The van der Waals surface area contributed by atoms with Crippen molar-refractivity contribution in [2.45, 2.75) is 6.42 Å². The highest BCUT2D eigenvalue weighted by Crippen LogP contribution is 2.40. The molecular formula is C12H14ClFN2. The van der Waals surface area contributed by atoms with Crippen molar-refractivity contribution in [2.75, 3.05) is 31.1 Å². The second kappa shape index (κ2) is 3.60. The van der Waals surface area contributed by atoms with Crippen molar-refractivity contribution in [3.63, 3.8) is 0 Å². The predicted molar refractivity (Wildman–Crippen MR) is 63.5 cm³/mol. The lowest BCUT2D eigenvalue weighted by atomic mass is 9.79. The largest absolute Gasteiger partial charge is 0.368 e. The van der Waals surface area contributed by atoms with Gasteiger partial charge in [0.05, 0.1) is 5.69 Å². The van der Waals surface area contributed by atoms with Crippen molar-refractivity contribution in [2.24, 2.45) is 5.41 Å². The molecule has 0 radical (unpaired) electrons. The highest BCUT2D eigenvalue weighted by molar-refractivity contribution is 6.30. The molecule has 1 N–H and O–H groups in total. The van der Waals surface area contributed by atoms with Crippen LogP contribution in [0.5, 0.6) is 0 Å². The van der Waals surface area contributed by atoms with Crippen LogP contribution >= 0.6 is 11.6 Å². The predicted octanol–water partition coefficient (Wildman–Crippen LogP) is 2.28. The van der Waals surface area contributed by atoms with Gasteiger partial charge >= 0.3 is 0 Å². The number of anilines is 1. The van der Waals surface area contributed by atoms with Crippen molar-refractivity contribution in [1.82, 2.24) is 5.32 Å². The average Bonchev–Trinajstić information content (AvgIpc) is 2.65. The number of hydrogen-bond acceptors (Lipinski definition) is 2. The summed E-state index contributed by atoms with van der Waals surface area (Å²) < 4.78 is 13.7. The van der Waals surface area contributed by atoms with E-state index in [1.54, 1.807) is 12.1 Å². The summed E-state index contributed by atoms with van der Waals surface area (Å²) in [5, 5.41) is 3.83. The highest BCUT2D eigenvalue weighted by atomic mass is 35.5. The molecule has 2 heterocycles. The van der Waals surface area contributed by atoms with Crippen LogP contribution in [0, 0.1) is 11.2 Å². The van der Waals surface area contributed by atoms with Crippen LogP contribution < -0.4 is 10.2 Å². The number of rotatable bonds is 1. The molecular weight excluding hydrogens is 227 g/mol. The Morgan fingerprint density at radius 2 is 2.19 bits per heavy atom. The molecule has 0 bridgehead atoms. The molecule has 0 amide bonds. The third kappa shape index (κ3) is 1.59. The van der Waals surface area contributed by atoms with Gasteiger partial charge in [-0.25, -0.2) is 4.39 Å². The molecule has 1 aromatic rings. The fraction of sp³-hybridized carbons (Fsp3) is 0.500. The Balaban J connectivity index is 1.76. The molecule has 86 valence electrons. The molecule has 0 atom stereocenters. The van der Waals surface area contributed by atoms with Gasteiger partial charge in [-0.1, -0.05) is 11.6 Å². The summed E-state index contributed by atoms with van der Waals surface area (Å²) in [6, 6.07) is 4.90. The molecule has 0 aromatic heterocycles. The second-order valence-corrected chi connectivity index (χ2v) is 5.32. The smallest absolute Gasteiger partial charge is 0.147 e. The lowest BCUT2D eigenvalue weighted by Gasteiger charge is -2.49. The van der Waals surface area contributed by atoms with Crippen molar-refractivity contribution >= 4 is 17.3 Å². The van der Waals surface area contributed by atoms with E-state index in [4.69, 9.17) is 11.6 Å². The maximum absolute atomic E-state index is 13.7. The summed E-state index contributed by atoms with van der Waals surface area (Å²) in [5.74, 6) is -0.215. The molecule has 0 unspecified atom stereocenters. The minimum Gasteiger partial charge on any atom is -0.368 e. The van der Waals surface area contributed by atoms with Crippen molar-refractivity contribution in [3.8, 4) is 0 Å². The minimum atomic E-state index is -0.215. The SMILES string of the molecule is Fc1cc(Cl)ccc1N1CC2(CCNC2)C1. The molecule has 0 saturated carbocycles. The van der Waals surface area contributed by atoms with Crippen LogP contribution in [0.4, 0.5) is 10.1 Å². The highest BCUT2D eigenvalue weighted by Gasteiger charge is 2.45. The van der Waals surface area contributed by atoms with E-state index in [0.717, 1.165) is 26.2 Å². The Labute approximate surface area is 99.4 Å². The summed E-state index contributed by atoms with van der Waals surface area (Å²) in [5.41, 5.74) is 1.08. The van der Waals surface area contributed by atoms with Crippen molar-refractivity contribution < 1.29 is 4.39 Å². The van der Waals surface area contributed by atoms with Gasteiger partial charge in [-0.3, -0.25) is 0 Å². The fourth-order valence-electron chi connectivity index (χ4n) is 2.74. The first kappa shape index (κ1) is 10.4. The molecule has 0 aliphatic carbocycles. The van der Waals surface area contributed by atoms with E-state index in [0.29, 0.717) is 16.1 Å². The number of nitrogens with one attached hydrogen (secondary N) is 1. The van der Waals surface area contributed by atoms with Gasteiger partial charge in [0.1, 0.15) is 5.82 Å². The van der Waals surface area contributed by atoms with E-state index >= 15 is 0 Å². The maximum atomic E-state index is 13.7. The third-order valence-corrected chi connectivity index (χ3v) is 3.87. The summed E-state index contributed by atoms with van der Waals surface area (Å²) >= 11 is 5.73. The van der Waals surface area contributed by atoms with Gasteiger partial charge < -0.3 is 10.2 Å². The molecule has 2 fully saturated rings. The third-order valence-electron chi connectivity index (χ3n) is 3.64. The van der Waals surface area contributed by atoms with E-state index in [1.807, 2.05) is 0 Å². The zero-order valence-corrected chi connectivity index (χ0v) is 9.73. The lowest BCUT2D eigenvalue weighted by molar-refractivity contribution is 0.241. The van der Waals surface area contributed by atoms with Gasteiger partial charge in [0.2, 0.25) is 0 Å². The van der Waals surface area contributed by atoms with E-state index < -0.39 is 0 Å². The van der Waals surface area contributed by atoms with Crippen LogP contribution in [0.2, 0.25) is 5.02 Å². The Morgan fingerprint density at radius 1 is 1.38 bits per heavy atom. The van der Waals surface area contributed by atoms with E-state index in [-0.39, 0.29) is 5.82 Å². The van der Waals surface area contributed by atoms with Gasteiger partial charge in [-0.15, -0.1) is 0 Å². The zero-order valence-electron chi connectivity index (χ0n) is 8.97. The first-order valence-corrected chi connectivity index (χ1v) is 5.97. The van der Waals surface area contributed by atoms with Crippen LogP contribution in [0.3, 0.4) is 0 Å². The quantitative estimate of drug-likeness (QED) is 0.810. The maximum Gasteiger partial charge on any atom is 0.147 e. The molecule has 2 saturated heterocycles. The van der Waals surface area contributed by atoms with E-state index in [2.05, 4.69) is 10.2 Å². The molecule has 3 rings (SSSR count).